The number of thiophene rings is 1. The molecule has 3 aromatic rings. The van der Waals surface area contributed by atoms with Crippen molar-refractivity contribution in [2.24, 2.45) is 0 Å². The molecule has 22 heavy (non-hydrogen) atoms. The average Bonchev–Trinajstić information content (AvgIpc) is 3.11. The van der Waals surface area contributed by atoms with E-state index in [2.05, 4.69) is 5.32 Å². The van der Waals surface area contributed by atoms with E-state index in [9.17, 15) is 9.18 Å². The van der Waals surface area contributed by atoms with Gasteiger partial charge in [-0.15, -0.1) is 11.3 Å². The highest BCUT2D eigenvalue weighted by molar-refractivity contribution is 7.15. The van der Waals surface area contributed by atoms with Crippen molar-refractivity contribution < 1.29 is 9.18 Å². The van der Waals surface area contributed by atoms with Gasteiger partial charge in [0.15, 0.2) is 0 Å². The van der Waals surface area contributed by atoms with Gasteiger partial charge in [-0.2, -0.15) is 0 Å². The molecule has 0 bridgehead atoms. The van der Waals surface area contributed by atoms with Gasteiger partial charge < -0.3 is 9.88 Å². The summed E-state index contributed by atoms with van der Waals surface area (Å²) in [4.78, 5) is 13.7. The number of amides is 1. The molecule has 0 aliphatic heterocycles. The van der Waals surface area contributed by atoms with Crippen LogP contribution in [0.1, 0.15) is 20.8 Å². The Labute approximate surface area is 132 Å². The highest BCUT2D eigenvalue weighted by Crippen LogP contribution is 2.31. The lowest BCUT2D eigenvalue weighted by molar-refractivity contribution is 0.102. The number of benzene rings is 1. The predicted molar refractivity (Wildman–Crippen MR) is 87.5 cm³/mol. The van der Waals surface area contributed by atoms with Crippen molar-refractivity contribution in [1.82, 2.24) is 4.57 Å². The number of hydrogen-bond donors (Lipinski definition) is 1. The lowest BCUT2D eigenvalue weighted by Crippen LogP contribution is -2.15. The van der Waals surface area contributed by atoms with Crippen LogP contribution in [0.5, 0.6) is 0 Å². The van der Waals surface area contributed by atoms with Crippen LogP contribution in [0.4, 0.5) is 10.1 Å². The molecule has 0 saturated heterocycles. The zero-order valence-corrected chi connectivity index (χ0v) is 13.1. The first-order valence-electron chi connectivity index (χ1n) is 6.87. The maximum Gasteiger partial charge on any atom is 0.259 e. The van der Waals surface area contributed by atoms with E-state index in [1.165, 1.54) is 6.07 Å². The third kappa shape index (κ3) is 2.55. The van der Waals surface area contributed by atoms with Crippen LogP contribution < -0.4 is 5.32 Å². The maximum atomic E-state index is 13.7. The number of aromatic nitrogens is 1. The number of aryl methyl sites for hydroxylation is 1. The minimum Gasteiger partial charge on any atom is -0.319 e. The molecule has 0 radical (unpaired) electrons. The SMILES string of the molecule is Cc1sc(-n2cccc2)c(C(=O)Nc2ccccc2F)c1C. The zero-order valence-electron chi connectivity index (χ0n) is 12.3. The van der Waals surface area contributed by atoms with Crippen LogP contribution in [0.3, 0.4) is 0 Å². The second-order valence-electron chi connectivity index (χ2n) is 4.99. The number of carbonyl (C=O) groups excluding carboxylic acids is 1. The minimum absolute atomic E-state index is 0.189. The Morgan fingerprint density at radius 3 is 2.50 bits per heavy atom. The topological polar surface area (TPSA) is 34.0 Å². The van der Waals surface area contributed by atoms with E-state index in [1.54, 1.807) is 29.5 Å². The first-order valence-corrected chi connectivity index (χ1v) is 7.69. The Balaban J connectivity index is 2.01. The van der Waals surface area contributed by atoms with Crippen molar-refractivity contribution in [3.8, 4) is 5.00 Å². The lowest BCUT2D eigenvalue weighted by atomic mass is 10.1. The van der Waals surface area contributed by atoms with Crippen molar-refractivity contribution in [2.75, 3.05) is 5.32 Å². The molecule has 2 heterocycles. The molecule has 1 N–H and O–H groups in total. The zero-order chi connectivity index (χ0) is 15.7. The van der Waals surface area contributed by atoms with Crippen LogP contribution in [0.15, 0.2) is 48.8 Å². The number of carbonyl (C=O) groups is 1. The van der Waals surface area contributed by atoms with E-state index in [1.807, 2.05) is 42.9 Å². The third-order valence-corrected chi connectivity index (χ3v) is 4.78. The molecule has 3 rings (SSSR count). The van der Waals surface area contributed by atoms with Gasteiger partial charge in [-0.3, -0.25) is 4.79 Å². The molecular formula is C17H15FN2OS. The highest BCUT2D eigenvalue weighted by Gasteiger charge is 2.21. The van der Waals surface area contributed by atoms with E-state index in [0.717, 1.165) is 15.4 Å². The number of nitrogens with zero attached hydrogens (tertiary/aromatic N) is 1. The van der Waals surface area contributed by atoms with Gasteiger partial charge in [-0.1, -0.05) is 12.1 Å². The molecule has 2 aromatic heterocycles. The average molecular weight is 314 g/mol. The quantitative estimate of drug-likeness (QED) is 0.756. The second-order valence-corrected chi connectivity index (χ2v) is 6.19. The van der Waals surface area contributed by atoms with Gasteiger partial charge in [-0.05, 0) is 43.7 Å². The van der Waals surface area contributed by atoms with Crippen molar-refractivity contribution >= 4 is 22.9 Å². The van der Waals surface area contributed by atoms with Crippen molar-refractivity contribution in [3.63, 3.8) is 0 Å². The summed E-state index contributed by atoms with van der Waals surface area (Å²) < 4.78 is 15.6. The predicted octanol–water partition coefficient (Wildman–Crippen LogP) is 4.55. The minimum atomic E-state index is -0.442. The molecule has 5 heteroatoms. The molecule has 0 aliphatic rings. The van der Waals surface area contributed by atoms with Gasteiger partial charge >= 0.3 is 0 Å². The molecule has 1 amide bonds. The summed E-state index contributed by atoms with van der Waals surface area (Å²) >= 11 is 1.55. The van der Waals surface area contributed by atoms with Gasteiger partial charge in [0, 0.05) is 17.3 Å². The smallest absolute Gasteiger partial charge is 0.259 e. The number of anilines is 1. The van der Waals surface area contributed by atoms with Crippen LogP contribution in [-0.2, 0) is 0 Å². The van der Waals surface area contributed by atoms with Gasteiger partial charge in [0.05, 0.1) is 11.3 Å². The van der Waals surface area contributed by atoms with Gasteiger partial charge in [0.25, 0.3) is 5.91 Å². The summed E-state index contributed by atoms with van der Waals surface area (Å²) in [5.41, 5.74) is 1.69. The van der Waals surface area contributed by atoms with Crippen LogP contribution in [-0.4, -0.2) is 10.5 Å². The normalized spacial score (nSPS) is 10.7. The molecule has 0 spiro atoms. The fourth-order valence-corrected chi connectivity index (χ4v) is 3.40. The number of para-hydroxylation sites is 1. The third-order valence-electron chi connectivity index (χ3n) is 3.55. The van der Waals surface area contributed by atoms with Gasteiger partial charge in [0.1, 0.15) is 10.8 Å². The molecule has 3 nitrogen and oxygen atoms in total. The number of nitrogens with one attached hydrogen (secondary N) is 1. The Hall–Kier alpha value is -2.40. The van der Waals surface area contributed by atoms with E-state index >= 15 is 0 Å². The second kappa shape index (κ2) is 5.77. The van der Waals surface area contributed by atoms with Gasteiger partial charge in [-0.25, -0.2) is 4.39 Å². The summed E-state index contributed by atoms with van der Waals surface area (Å²) in [6.45, 7) is 3.89. The summed E-state index contributed by atoms with van der Waals surface area (Å²) in [5.74, 6) is -0.737. The largest absolute Gasteiger partial charge is 0.319 e. The molecular weight excluding hydrogens is 299 g/mol. The molecule has 0 fully saturated rings. The number of halogens is 1. The van der Waals surface area contributed by atoms with Crippen LogP contribution in [0.25, 0.3) is 5.00 Å². The molecule has 1 aromatic carbocycles. The van der Waals surface area contributed by atoms with Crippen LogP contribution >= 0.6 is 11.3 Å². The first kappa shape index (κ1) is 14.5. The van der Waals surface area contributed by atoms with E-state index in [4.69, 9.17) is 0 Å². The first-order chi connectivity index (χ1) is 10.6. The number of rotatable bonds is 3. The summed E-state index contributed by atoms with van der Waals surface area (Å²) in [6.07, 6.45) is 3.79. The number of hydrogen-bond acceptors (Lipinski definition) is 2. The Kier molecular flexibility index (Phi) is 3.81. The fraction of sp³-hybridized carbons (Fsp3) is 0.118. The molecule has 0 aliphatic carbocycles. The molecule has 0 unspecified atom stereocenters. The molecule has 112 valence electrons. The van der Waals surface area contributed by atoms with Crippen molar-refractivity contribution in [2.45, 2.75) is 13.8 Å². The van der Waals surface area contributed by atoms with Crippen LogP contribution in [0.2, 0.25) is 0 Å². The van der Waals surface area contributed by atoms with Crippen LogP contribution in [0, 0.1) is 19.7 Å². The fourth-order valence-electron chi connectivity index (χ4n) is 2.28. The lowest BCUT2D eigenvalue weighted by Gasteiger charge is -2.09. The summed E-state index contributed by atoms with van der Waals surface area (Å²) in [7, 11) is 0. The monoisotopic (exact) mass is 314 g/mol. The maximum absolute atomic E-state index is 13.7. The highest BCUT2D eigenvalue weighted by atomic mass is 32.1. The molecule has 0 saturated carbocycles. The Morgan fingerprint density at radius 2 is 1.82 bits per heavy atom. The summed E-state index contributed by atoms with van der Waals surface area (Å²) in [6, 6.07) is 9.98. The van der Waals surface area contributed by atoms with Crippen molar-refractivity contribution in [1.29, 1.82) is 0 Å². The molecule has 0 atom stereocenters. The Morgan fingerprint density at radius 1 is 1.14 bits per heavy atom. The summed E-state index contributed by atoms with van der Waals surface area (Å²) in [5, 5.41) is 3.50. The van der Waals surface area contributed by atoms with E-state index in [0.29, 0.717) is 5.56 Å². The Bertz CT molecular complexity index is 821. The standard InChI is InChI=1S/C17H15FN2OS/c1-11-12(2)22-17(20-9-5-6-10-20)15(11)16(21)19-14-8-4-3-7-13(14)18/h3-10H,1-2H3,(H,19,21). The van der Waals surface area contributed by atoms with Gasteiger partial charge in [0.2, 0.25) is 0 Å². The van der Waals surface area contributed by atoms with Crippen molar-refractivity contribution in [3.05, 3.63) is 70.6 Å². The van der Waals surface area contributed by atoms with E-state index < -0.39 is 5.82 Å². The van der Waals surface area contributed by atoms with E-state index in [-0.39, 0.29) is 11.6 Å².